The Hall–Kier alpha value is -4.05. The highest BCUT2D eigenvalue weighted by molar-refractivity contribution is 7.92. The first-order chi connectivity index (χ1) is 20.8. The number of sulfonamides is 1. The molecule has 2 atom stereocenters. The van der Waals surface area contributed by atoms with Gasteiger partial charge < -0.3 is 19.7 Å². The minimum Gasteiger partial charge on any atom is -0.493 e. The third-order valence-electron chi connectivity index (χ3n) is 7.58. The van der Waals surface area contributed by atoms with Crippen molar-refractivity contribution in [1.29, 1.82) is 0 Å². The maximum absolute atomic E-state index is 14.3. The molecule has 0 aliphatic heterocycles. The van der Waals surface area contributed by atoms with Gasteiger partial charge in [-0.2, -0.15) is 0 Å². The van der Waals surface area contributed by atoms with Crippen molar-refractivity contribution in [2.24, 2.45) is 0 Å². The topological polar surface area (TPSA) is 105 Å². The van der Waals surface area contributed by atoms with Gasteiger partial charge in [-0.1, -0.05) is 49.7 Å². The number of amides is 2. The Bertz CT molecular complexity index is 1540. The molecule has 2 amide bonds. The van der Waals surface area contributed by atoms with E-state index in [4.69, 9.17) is 9.47 Å². The van der Waals surface area contributed by atoms with Crippen LogP contribution in [0.25, 0.3) is 0 Å². The van der Waals surface area contributed by atoms with E-state index in [1.807, 2.05) is 71.9 Å². The van der Waals surface area contributed by atoms with Crippen molar-refractivity contribution < 1.29 is 27.5 Å². The van der Waals surface area contributed by atoms with Gasteiger partial charge in [-0.05, 0) is 81.5 Å². The maximum atomic E-state index is 14.3. The minimum absolute atomic E-state index is 0.0613. The molecule has 0 aliphatic carbocycles. The number of anilines is 1. The number of rotatable bonds is 14. The molecule has 0 spiro atoms. The summed E-state index contributed by atoms with van der Waals surface area (Å²) in [5, 5.41) is 3.00. The maximum Gasteiger partial charge on any atom is 0.264 e. The average Bonchev–Trinajstić information content (AvgIpc) is 2.99. The third-order valence-corrected chi connectivity index (χ3v) is 9.35. The van der Waals surface area contributed by atoms with Gasteiger partial charge in [-0.3, -0.25) is 13.9 Å². The van der Waals surface area contributed by atoms with Gasteiger partial charge >= 0.3 is 0 Å². The van der Waals surface area contributed by atoms with Crippen molar-refractivity contribution in [3.05, 3.63) is 82.9 Å². The predicted molar refractivity (Wildman–Crippen MR) is 174 cm³/mol. The highest BCUT2D eigenvalue weighted by Gasteiger charge is 2.34. The van der Waals surface area contributed by atoms with Crippen LogP contribution in [0.2, 0.25) is 0 Å². The normalized spacial score (nSPS) is 12.6. The predicted octanol–water partition coefficient (Wildman–Crippen LogP) is 5.55. The van der Waals surface area contributed by atoms with Gasteiger partial charge in [0.1, 0.15) is 12.6 Å². The van der Waals surface area contributed by atoms with E-state index in [0.717, 1.165) is 33.0 Å². The van der Waals surface area contributed by atoms with E-state index < -0.39 is 28.5 Å². The number of hydrogen-bond donors (Lipinski definition) is 1. The molecule has 3 aromatic carbocycles. The van der Waals surface area contributed by atoms with E-state index in [1.54, 1.807) is 12.1 Å². The second-order valence-electron chi connectivity index (χ2n) is 11.1. The number of hydrogen-bond acceptors (Lipinski definition) is 6. The lowest BCUT2D eigenvalue weighted by atomic mass is 10.1. The molecule has 0 saturated heterocycles. The molecular formula is C34H45N3O6S. The summed E-state index contributed by atoms with van der Waals surface area (Å²) in [6.07, 6.45) is 1.09. The Labute approximate surface area is 262 Å². The number of nitrogens with zero attached hydrogens (tertiary/aromatic N) is 2. The number of methoxy groups -OCH3 is 2. The van der Waals surface area contributed by atoms with Crippen molar-refractivity contribution >= 4 is 27.5 Å². The number of aryl methyl sites for hydroxylation is 3. The van der Waals surface area contributed by atoms with Gasteiger partial charge in [0.25, 0.3) is 10.0 Å². The Kier molecular flexibility index (Phi) is 11.8. The van der Waals surface area contributed by atoms with Crippen molar-refractivity contribution in [3.63, 3.8) is 0 Å². The molecular weight excluding hydrogens is 578 g/mol. The van der Waals surface area contributed by atoms with Gasteiger partial charge in [0.2, 0.25) is 11.8 Å². The van der Waals surface area contributed by atoms with Crippen LogP contribution in [-0.2, 0) is 26.2 Å². The number of carbonyl (C=O) groups is 2. The van der Waals surface area contributed by atoms with Crippen LogP contribution in [0.1, 0.15) is 55.9 Å². The molecule has 0 heterocycles. The fourth-order valence-electron chi connectivity index (χ4n) is 4.98. The number of benzene rings is 3. The monoisotopic (exact) mass is 623 g/mol. The minimum atomic E-state index is -4.28. The van der Waals surface area contributed by atoms with Gasteiger partial charge in [-0.25, -0.2) is 8.42 Å². The zero-order chi connectivity index (χ0) is 32.6. The van der Waals surface area contributed by atoms with Crippen LogP contribution in [0.4, 0.5) is 5.69 Å². The van der Waals surface area contributed by atoms with Crippen LogP contribution in [0, 0.1) is 20.8 Å². The number of ether oxygens (including phenoxy) is 2. The summed E-state index contributed by atoms with van der Waals surface area (Å²) < 4.78 is 40.4. The van der Waals surface area contributed by atoms with Crippen LogP contribution in [0.5, 0.6) is 11.5 Å². The first-order valence-electron chi connectivity index (χ1n) is 14.8. The Balaban J connectivity index is 2.13. The Morgan fingerprint density at radius 2 is 1.43 bits per heavy atom. The second-order valence-corrected chi connectivity index (χ2v) is 13.0. The first kappa shape index (κ1) is 34.4. The van der Waals surface area contributed by atoms with E-state index in [9.17, 15) is 18.0 Å². The molecule has 9 nitrogen and oxygen atoms in total. The second kappa shape index (κ2) is 15.1. The van der Waals surface area contributed by atoms with E-state index in [-0.39, 0.29) is 29.1 Å². The summed E-state index contributed by atoms with van der Waals surface area (Å²) in [5.74, 6) is -0.153. The average molecular weight is 624 g/mol. The van der Waals surface area contributed by atoms with E-state index in [0.29, 0.717) is 17.9 Å². The fraction of sp³-hybridized carbons (Fsp3) is 0.412. The van der Waals surface area contributed by atoms with Gasteiger partial charge in [0, 0.05) is 18.7 Å². The first-order valence-corrected chi connectivity index (χ1v) is 16.3. The van der Waals surface area contributed by atoms with Crippen LogP contribution < -0.4 is 19.1 Å². The molecule has 1 N–H and O–H groups in total. The van der Waals surface area contributed by atoms with Gasteiger partial charge in [0.05, 0.1) is 24.8 Å². The molecule has 0 bridgehead atoms. The molecule has 0 aliphatic rings. The molecule has 0 saturated carbocycles. The van der Waals surface area contributed by atoms with Crippen molar-refractivity contribution in [2.45, 2.75) is 77.9 Å². The molecule has 10 heteroatoms. The summed E-state index contributed by atoms with van der Waals surface area (Å²) >= 11 is 0. The summed E-state index contributed by atoms with van der Waals surface area (Å²) in [6, 6.07) is 16.6. The molecule has 0 aromatic heterocycles. The Morgan fingerprint density at radius 3 is 1.98 bits per heavy atom. The van der Waals surface area contributed by atoms with Crippen LogP contribution in [0.3, 0.4) is 0 Å². The largest absolute Gasteiger partial charge is 0.493 e. The zero-order valence-corrected chi connectivity index (χ0v) is 27.8. The Morgan fingerprint density at radius 1 is 0.818 bits per heavy atom. The lowest BCUT2D eigenvalue weighted by Gasteiger charge is -2.34. The lowest BCUT2D eigenvalue weighted by Crippen LogP contribution is -2.53. The number of nitrogens with one attached hydrogen (secondary N) is 1. The van der Waals surface area contributed by atoms with Crippen LogP contribution in [0.15, 0.2) is 65.6 Å². The fourth-order valence-corrected chi connectivity index (χ4v) is 6.39. The molecule has 0 unspecified atom stereocenters. The van der Waals surface area contributed by atoms with Crippen LogP contribution in [-0.4, -0.2) is 58.0 Å². The van der Waals surface area contributed by atoms with Crippen molar-refractivity contribution in [1.82, 2.24) is 10.2 Å². The highest BCUT2D eigenvalue weighted by Crippen LogP contribution is 2.33. The molecule has 3 aromatic rings. The van der Waals surface area contributed by atoms with Crippen LogP contribution >= 0.6 is 0 Å². The van der Waals surface area contributed by atoms with E-state index in [2.05, 4.69) is 5.32 Å². The summed E-state index contributed by atoms with van der Waals surface area (Å²) in [5.41, 5.74) is 3.93. The standard InChI is InChI=1S/C34H45N3O6S/c1-9-26(6)35-34(39)30(10-2)36(21-27-13-11-23(3)12-14-27)33(38)22-37(28-18-24(4)17-25(5)19-28)44(40,41)29-15-16-31(42-7)32(20-29)43-8/h11-20,26,30H,9-10,21-22H2,1-8H3,(H,35,39)/t26-,30+/m0/s1. The van der Waals surface area contributed by atoms with E-state index in [1.165, 1.54) is 37.3 Å². The van der Waals surface area contributed by atoms with E-state index >= 15 is 0 Å². The lowest BCUT2D eigenvalue weighted by molar-refractivity contribution is -0.140. The quantitative estimate of drug-likeness (QED) is 0.253. The molecule has 0 radical (unpaired) electrons. The summed E-state index contributed by atoms with van der Waals surface area (Å²) in [4.78, 5) is 29.2. The van der Waals surface area contributed by atoms with Gasteiger partial charge in [-0.15, -0.1) is 0 Å². The summed E-state index contributed by atoms with van der Waals surface area (Å²) in [6.45, 7) is 11.1. The molecule has 44 heavy (non-hydrogen) atoms. The number of carbonyl (C=O) groups excluding carboxylic acids is 2. The molecule has 3 rings (SSSR count). The van der Waals surface area contributed by atoms with Crippen molar-refractivity contribution in [2.75, 3.05) is 25.1 Å². The molecule has 0 fully saturated rings. The van der Waals surface area contributed by atoms with Crippen molar-refractivity contribution in [3.8, 4) is 11.5 Å². The summed E-state index contributed by atoms with van der Waals surface area (Å²) in [7, 11) is -1.38. The molecule has 238 valence electrons. The smallest absolute Gasteiger partial charge is 0.264 e. The highest BCUT2D eigenvalue weighted by atomic mass is 32.2. The van der Waals surface area contributed by atoms with Gasteiger partial charge in [0.15, 0.2) is 11.5 Å². The SMILES string of the molecule is CC[C@H](C(=O)N[C@@H](C)CC)N(Cc1ccc(C)cc1)C(=O)CN(c1cc(C)cc(C)c1)S(=O)(=O)c1ccc(OC)c(OC)c1. The third kappa shape index (κ3) is 8.31. The zero-order valence-electron chi connectivity index (χ0n) is 27.0.